The van der Waals surface area contributed by atoms with E-state index in [9.17, 15) is 8.42 Å². The molecular weight excluding hydrogens is 248 g/mol. The highest BCUT2D eigenvalue weighted by Crippen LogP contribution is 2.29. The number of benzene rings is 1. The van der Waals surface area contributed by atoms with Crippen molar-refractivity contribution in [1.82, 2.24) is 9.62 Å². The maximum atomic E-state index is 12.3. The van der Waals surface area contributed by atoms with Gasteiger partial charge in [0, 0.05) is 13.1 Å². The highest BCUT2D eigenvalue weighted by atomic mass is 32.2. The first-order valence-corrected chi connectivity index (χ1v) is 7.98. The molecule has 5 heteroatoms. The minimum atomic E-state index is -3.15. The molecule has 0 amide bonds. The topological polar surface area (TPSA) is 49.4 Å². The van der Waals surface area contributed by atoms with Crippen molar-refractivity contribution in [1.29, 1.82) is 0 Å². The van der Waals surface area contributed by atoms with E-state index in [1.807, 2.05) is 30.3 Å². The SMILES string of the molecule is O=S(=O)(Cc1ccccc1)N1C[C@H]2CNC[C@H]2C1. The van der Waals surface area contributed by atoms with Gasteiger partial charge in [-0.2, -0.15) is 0 Å². The number of sulfonamides is 1. The van der Waals surface area contributed by atoms with E-state index in [0.717, 1.165) is 18.7 Å². The van der Waals surface area contributed by atoms with Gasteiger partial charge in [-0.1, -0.05) is 30.3 Å². The molecule has 2 heterocycles. The van der Waals surface area contributed by atoms with E-state index < -0.39 is 10.0 Å². The highest BCUT2D eigenvalue weighted by molar-refractivity contribution is 7.88. The molecule has 0 bridgehead atoms. The van der Waals surface area contributed by atoms with E-state index in [0.29, 0.717) is 24.9 Å². The van der Waals surface area contributed by atoms with Crippen LogP contribution in [0.1, 0.15) is 5.56 Å². The molecule has 3 rings (SSSR count). The number of fused-ring (bicyclic) bond motifs is 1. The lowest BCUT2D eigenvalue weighted by Crippen LogP contribution is -2.32. The molecule has 18 heavy (non-hydrogen) atoms. The van der Waals surface area contributed by atoms with Gasteiger partial charge >= 0.3 is 0 Å². The first-order valence-electron chi connectivity index (χ1n) is 6.37. The van der Waals surface area contributed by atoms with Crippen molar-refractivity contribution in [2.24, 2.45) is 11.8 Å². The van der Waals surface area contributed by atoms with Crippen LogP contribution < -0.4 is 5.32 Å². The van der Waals surface area contributed by atoms with Crippen LogP contribution >= 0.6 is 0 Å². The van der Waals surface area contributed by atoms with Gasteiger partial charge in [-0.05, 0) is 30.5 Å². The standard InChI is InChI=1S/C13H18N2O2S/c16-18(17,10-11-4-2-1-3-5-11)15-8-12-6-14-7-13(12)9-15/h1-5,12-14H,6-10H2/t12-,13+. The normalized spacial score (nSPS) is 28.4. The third kappa shape index (κ3) is 2.30. The predicted molar refractivity (Wildman–Crippen MR) is 70.5 cm³/mol. The largest absolute Gasteiger partial charge is 0.316 e. The minimum absolute atomic E-state index is 0.126. The quantitative estimate of drug-likeness (QED) is 0.875. The van der Waals surface area contributed by atoms with Gasteiger partial charge in [-0.3, -0.25) is 0 Å². The molecule has 2 aliphatic heterocycles. The van der Waals surface area contributed by atoms with Crippen molar-refractivity contribution in [3.8, 4) is 0 Å². The van der Waals surface area contributed by atoms with Crippen LogP contribution in [-0.2, 0) is 15.8 Å². The molecule has 2 aliphatic rings. The molecule has 1 aromatic rings. The lowest BCUT2D eigenvalue weighted by atomic mass is 10.0. The molecule has 0 aliphatic carbocycles. The first kappa shape index (κ1) is 12.1. The average Bonchev–Trinajstić information content (AvgIpc) is 2.89. The fourth-order valence-electron chi connectivity index (χ4n) is 2.92. The van der Waals surface area contributed by atoms with Gasteiger partial charge in [-0.15, -0.1) is 0 Å². The molecule has 0 aromatic heterocycles. The summed E-state index contributed by atoms with van der Waals surface area (Å²) in [5, 5.41) is 3.32. The predicted octanol–water partition coefficient (Wildman–Crippen LogP) is 0.668. The smallest absolute Gasteiger partial charge is 0.218 e. The summed E-state index contributed by atoms with van der Waals surface area (Å²) in [6.07, 6.45) is 0. The third-order valence-corrected chi connectivity index (χ3v) is 5.72. The Hall–Kier alpha value is -0.910. The Morgan fingerprint density at radius 2 is 1.72 bits per heavy atom. The van der Waals surface area contributed by atoms with Crippen molar-refractivity contribution < 1.29 is 8.42 Å². The number of nitrogens with zero attached hydrogens (tertiary/aromatic N) is 1. The summed E-state index contributed by atoms with van der Waals surface area (Å²) in [5.41, 5.74) is 0.868. The van der Waals surface area contributed by atoms with Crippen LogP contribution in [0.5, 0.6) is 0 Å². The zero-order valence-electron chi connectivity index (χ0n) is 10.2. The van der Waals surface area contributed by atoms with Crippen LogP contribution in [0.2, 0.25) is 0 Å². The Bertz CT molecular complexity index is 503. The molecule has 1 N–H and O–H groups in total. The van der Waals surface area contributed by atoms with E-state index in [2.05, 4.69) is 5.32 Å². The fourth-order valence-corrected chi connectivity index (χ4v) is 4.55. The van der Waals surface area contributed by atoms with Crippen molar-refractivity contribution >= 4 is 10.0 Å². The Morgan fingerprint density at radius 3 is 2.33 bits per heavy atom. The lowest BCUT2D eigenvalue weighted by Gasteiger charge is -2.17. The summed E-state index contributed by atoms with van der Waals surface area (Å²) >= 11 is 0. The highest BCUT2D eigenvalue weighted by Gasteiger charge is 2.40. The summed E-state index contributed by atoms with van der Waals surface area (Å²) in [4.78, 5) is 0. The van der Waals surface area contributed by atoms with Crippen LogP contribution in [0.3, 0.4) is 0 Å². The number of hydrogen-bond donors (Lipinski definition) is 1. The molecule has 2 atom stereocenters. The van der Waals surface area contributed by atoms with Crippen LogP contribution in [0.25, 0.3) is 0 Å². The zero-order chi connectivity index (χ0) is 12.6. The molecule has 1 aromatic carbocycles. The fraction of sp³-hybridized carbons (Fsp3) is 0.538. The molecular formula is C13H18N2O2S. The van der Waals surface area contributed by atoms with Crippen molar-refractivity contribution in [3.05, 3.63) is 35.9 Å². The molecule has 4 nitrogen and oxygen atoms in total. The molecule has 2 saturated heterocycles. The molecule has 0 saturated carbocycles. The van der Waals surface area contributed by atoms with E-state index in [-0.39, 0.29) is 5.75 Å². The van der Waals surface area contributed by atoms with Gasteiger partial charge in [0.1, 0.15) is 0 Å². The van der Waals surface area contributed by atoms with Crippen LogP contribution in [0.15, 0.2) is 30.3 Å². The lowest BCUT2D eigenvalue weighted by molar-refractivity contribution is 0.447. The van der Waals surface area contributed by atoms with Gasteiger partial charge in [0.2, 0.25) is 10.0 Å². The average molecular weight is 266 g/mol. The van der Waals surface area contributed by atoms with Crippen molar-refractivity contribution in [3.63, 3.8) is 0 Å². The first-order chi connectivity index (χ1) is 8.65. The van der Waals surface area contributed by atoms with Gasteiger partial charge in [0.15, 0.2) is 0 Å². The Balaban J connectivity index is 1.72. The van der Waals surface area contributed by atoms with Crippen molar-refractivity contribution in [2.45, 2.75) is 5.75 Å². The van der Waals surface area contributed by atoms with E-state index in [1.165, 1.54) is 0 Å². The zero-order valence-corrected chi connectivity index (χ0v) is 11.1. The van der Waals surface area contributed by atoms with Gasteiger partial charge in [0.05, 0.1) is 5.75 Å². The number of hydrogen-bond acceptors (Lipinski definition) is 3. The third-order valence-electron chi connectivity index (χ3n) is 3.94. The van der Waals surface area contributed by atoms with Crippen LogP contribution in [0, 0.1) is 11.8 Å². The molecule has 0 spiro atoms. The van der Waals surface area contributed by atoms with E-state index in [1.54, 1.807) is 4.31 Å². The molecule has 0 radical (unpaired) electrons. The van der Waals surface area contributed by atoms with E-state index in [4.69, 9.17) is 0 Å². The maximum absolute atomic E-state index is 12.3. The van der Waals surface area contributed by atoms with Gasteiger partial charge in [-0.25, -0.2) is 12.7 Å². The summed E-state index contributed by atoms with van der Waals surface area (Å²) in [6, 6.07) is 9.41. The second kappa shape index (κ2) is 4.64. The maximum Gasteiger partial charge on any atom is 0.218 e. The Morgan fingerprint density at radius 1 is 1.11 bits per heavy atom. The summed E-state index contributed by atoms with van der Waals surface area (Å²) in [7, 11) is -3.15. The summed E-state index contributed by atoms with van der Waals surface area (Å²) in [5.74, 6) is 1.15. The van der Waals surface area contributed by atoms with E-state index >= 15 is 0 Å². The number of nitrogens with one attached hydrogen (secondary N) is 1. The van der Waals surface area contributed by atoms with Gasteiger partial charge < -0.3 is 5.32 Å². The molecule has 2 fully saturated rings. The molecule has 0 unspecified atom stereocenters. The second-order valence-electron chi connectivity index (χ2n) is 5.24. The summed E-state index contributed by atoms with van der Waals surface area (Å²) in [6.45, 7) is 3.30. The molecule has 98 valence electrons. The monoisotopic (exact) mass is 266 g/mol. The van der Waals surface area contributed by atoms with Crippen molar-refractivity contribution in [2.75, 3.05) is 26.2 Å². The number of rotatable bonds is 3. The van der Waals surface area contributed by atoms with Gasteiger partial charge in [0.25, 0.3) is 0 Å². The minimum Gasteiger partial charge on any atom is -0.316 e. The summed E-state index contributed by atoms with van der Waals surface area (Å²) < 4.78 is 26.4. The Kier molecular flexibility index (Phi) is 3.13. The Labute approximate surface area is 108 Å². The second-order valence-corrected chi connectivity index (χ2v) is 7.21. The van der Waals surface area contributed by atoms with Crippen LogP contribution in [0.4, 0.5) is 0 Å². The van der Waals surface area contributed by atoms with Crippen LogP contribution in [-0.4, -0.2) is 38.9 Å².